The number of benzene rings is 2. The maximum Gasteiger partial charge on any atom is 0.269 e. The molecule has 2 aromatic carbocycles. The molecule has 0 amide bonds. The minimum Gasteiger partial charge on any atom is -0.497 e. The number of nitro groups is 1. The first kappa shape index (κ1) is 14.4. The molecule has 2 aromatic rings. The lowest BCUT2D eigenvalue weighted by molar-refractivity contribution is -0.384. The first-order valence-electron chi connectivity index (χ1n) is 7.25. The Hall–Kier alpha value is -2.56. The highest BCUT2D eigenvalue weighted by atomic mass is 16.6. The summed E-state index contributed by atoms with van der Waals surface area (Å²) in [5.74, 6) is 1.35. The normalized spacial score (nSPS) is 20.4. The van der Waals surface area contributed by atoms with Crippen molar-refractivity contribution in [1.82, 2.24) is 0 Å². The summed E-state index contributed by atoms with van der Waals surface area (Å²) < 4.78 is 5.19. The fourth-order valence-corrected chi connectivity index (χ4v) is 3.03. The number of non-ortho nitro benzene ring substituents is 1. The lowest BCUT2D eigenvalue weighted by atomic mass is 9.84. The van der Waals surface area contributed by atoms with Crippen LogP contribution in [0.1, 0.15) is 18.5 Å². The van der Waals surface area contributed by atoms with Crippen LogP contribution in [0.15, 0.2) is 48.5 Å². The van der Waals surface area contributed by atoms with Crippen LogP contribution in [0.2, 0.25) is 0 Å². The van der Waals surface area contributed by atoms with E-state index in [-0.39, 0.29) is 16.7 Å². The van der Waals surface area contributed by atoms with Gasteiger partial charge in [-0.25, -0.2) is 0 Å². The summed E-state index contributed by atoms with van der Waals surface area (Å²) in [5.41, 5.74) is 2.38. The van der Waals surface area contributed by atoms with Crippen LogP contribution in [-0.4, -0.2) is 18.6 Å². The van der Waals surface area contributed by atoms with Gasteiger partial charge in [0.05, 0.1) is 18.1 Å². The topological polar surface area (TPSA) is 55.6 Å². The Morgan fingerprint density at radius 2 is 1.77 bits per heavy atom. The van der Waals surface area contributed by atoms with Crippen LogP contribution in [0, 0.1) is 16.0 Å². The molecule has 0 N–H and O–H groups in total. The van der Waals surface area contributed by atoms with E-state index in [0.717, 1.165) is 23.5 Å². The lowest BCUT2D eigenvalue weighted by Gasteiger charge is -2.48. The molecule has 1 aliphatic heterocycles. The predicted molar refractivity (Wildman–Crippen MR) is 85.3 cm³/mol. The fourth-order valence-electron chi connectivity index (χ4n) is 3.03. The summed E-state index contributed by atoms with van der Waals surface area (Å²) in [6, 6.07) is 15.1. The minimum absolute atomic E-state index is 0.131. The summed E-state index contributed by atoms with van der Waals surface area (Å²) in [5, 5.41) is 10.8. The second-order valence-electron chi connectivity index (χ2n) is 5.62. The summed E-state index contributed by atoms with van der Waals surface area (Å²) in [4.78, 5) is 12.7. The molecule has 5 nitrogen and oxygen atoms in total. The third-order valence-corrected chi connectivity index (χ3v) is 4.21. The number of anilines is 1. The van der Waals surface area contributed by atoms with Crippen molar-refractivity contribution in [3.63, 3.8) is 0 Å². The first-order valence-corrected chi connectivity index (χ1v) is 7.25. The van der Waals surface area contributed by atoms with Gasteiger partial charge in [-0.2, -0.15) is 0 Å². The van der Waals surface area contributed by atoms with Gasteiger partial charge in [0.25, 0.3) is 5.69 Å². The smallest absolute Gasteiger partial charge is 0.269 e. The standard InChI is InChI=1S/C17H18N2O3/c1-12-11-18(14-7-9-16(22-2)10-8-14)17(12)13-3-5-15(6-4-13)19(20)21/h3-10,12,17H,11H2,1-2H3/t12-,17+/m1/s1. The van der Waals surface area contributed by atoms with Crippen molar-refractivity contribution in [2.45, 2.75) is 13.0 Å². The zero-order valence-corrected chi connectivity index (χ0v) is 12.6. The number of hydrogen-bond donors (Lipinski definition) is 0. The predicted octanol–water partition coefficient (Wildman–Crippen LogP) is 3.80. The van der Waals surface area contributed by atoms with Crippen LogP contribution in [0.25, 0.3) is 0 Å². The van der Waals surface area contributed by atoms with E-state index < -0.39 is 0 Å². The number of methoxy groups -OCH3 is 1. The van der Waals surface area contributed by atoms with E-state index in [4.69, 9.17) is 4.74 Å². The van der Waals surface area contributed by atoms with Crippen molar-refractivity contribution in [2.75, 3.05) is 18.6 Å². The van der Waals surface area contributed by atoms with Gasteiger partial charge in [-0.05, 0) is 35.7 Å². The third kappa shape index (κ3) is 2.50. The molecular formula is C17H18N2O3. The van der Waals surface area contributed by atoms with E-state index in [1.165, 1.54) is 0 Å². The first-order chi connectivity index (χ1) is 10.6. The second kappa shape index (κ2) is 5.67. The molecule has 0 spiro atoms. The van der Waals surface area contributed by atoms with Crippen LogP contribution in [0.3, 0.4) is 0 Å². The van der Waals surface area contributed by atoms with Gasteiger partial charge in [0.2, 0.25) is 0 Å². The van der Waals surface area contributed by atoms with Gasteiger partial charge < -0.3 is 9.64 Å². The average molecular weight is 298 g/mol. The number of hydrogen-bond acceptors (Lipinski definition) is 4. The van der Waals surface area contributed by atoms with Crippen LogP contribution < -0.4 is 9.64 Å². The number of rotatable bonds is 4. The summed E-state index contributed by atoms with van der Waals surface area (Å²) in [7, 11) is 1.65. The monoisotopic (exact) mass is 298 g/mol. The Morgan fingerprint density at radius 3 is 2.27 bits per heavy atom. The van der Waals surface area contributed by atoms with E-state index in [2.05, 4.69) is 11.8 Å². The zero-order chi connectivity index (χ0) is 15.7. The summed E-state index contributed by atoms with van der Waals surface area (Å²) >= 11 is 0. The molecule has 114 valence electrons. The van der Waals surface area contributed by atoms with E-state index in [1.807, 2.05) is 36.4 Å². The van der Waals surface area contributed by atoms with E-state index in [0.29, 0.717) is 5.92 Å². The summed E-state index contributed by atoms with van der Waals surface area (Å²) in [6.07, 6.45) is 0. The SMILES string of the molecule is COc1ccc(N2C[C@@H](C)[C@H]2c2ccc([N+](=O)[O-])cc2)cc1. The highest BCUT2D eigenvalue weighted by molar-refractivity contribution is 5.54. The van der Waals surface area contributed by atoms with Gasteiger partial charge in [0, 0.05) is 24.4 Å². The molecule has 1 saturated heterocycles. The molecule has 2 atom stereocenters. The molecular weight excluding hydrogens is 280 g/mol. The Kier molecular flexibility index (Phi) is 3.71. The Labute approximate surface area is 129 Å². The molecule has 0 aromatic heterocycles. The zero-order valence-electron chi connectivity index (χ0n) is 12.6. The van der Waals surface area contributed by atoms with E-state index >= 15 is 0 Å². The minimum atomic E-state index is -0.366. The quantitative estimate of drug-likeness (QED) is 0.636. The molecule has 0 saturated carbocycles. The van der Waals surface area contributed by atoms with E-state index in [1.54, 1.807) is 19.2 Å². The molecule has 1 heterocycles. The van der Waals surface area contributed by atoms with Crippen LogP contribution in [-0.2, 0) is 0 Å². The van der Waals surface area contributed by atoms with Crippen molar-refractivity contribution in [1.29, 1.82) is 0 Å². The highest BCUT2D eigenvalue weighted by Crippen LogP contribution is 2.42. The van der Waals surface area contributed by atoms with Crippen LogP contribution in [0.4, 0.5) is 11.4 Å². The number of nitrogens with zero attached hydrogens (tertiary/aromatic N) is 2. The van der Waals surface area contributed by atoms with Gasteiger partial charge in [-0.15, -0.1) is 0 Å². The lowest BCUT2D eigenvalue weighted by Crippen LogP contribution is -2.48. The molecule has 1 aliphatic rings. The van der Waals surface area contributed by atoms with Crippen LogP contribution >= 0.6 is 0 Å². The largest absolute Gasteiger partial charge is 0.497 e. The average Bonchev–Trinajstić information content (AvgIpc) is 2.53. The van der Waals surface area contributed by atoms with Crippen molar-refractivity contribution < 1.29 is 9.66 Å². The fraction of sp³-hybridized carbons (Fsp3) is 0.294. The van der Waals surface area contributed by atoms with Gasteiger partial charge >= 0.3 is 0 Å². The Balaban J connectivity index is 1.83. The van der Waals surface area contributed by atoms with Crippen molar-refractivity contribution in [3.8, 4) is 5.75 Å². The maximum absolute atomic E-state index is 10.8. The molecule has 3 rings (SSSR count). The van der Waals surface area contributed by atoms with Gasteiger partial charge in [0.1, 0.15) is 5.75 Å². The molecule has 5 heteroatoms. The molecule has 22 heavy (non-hydrogen) atoms. The van der Waals surface area contributed by atoms with Gasteiger partial charge in [-0.3, -0.25) is 10.1 Å². The maximum atomic E-state index is 10.8. The van der Waals surface area contributed by atoms with Gasteiger partial charge in [-0.1, -0.05) is 19.1 Å². The van der Waals surface area contributed by atoms with Crippen molar-refractivity contribution in [3.05, 3.63) is 64.2 Å². The molecule has 0 radical (unpaired) electrons. The van der Waals surface area contributed by atoms with E-state index in [9.17, 15) is 10.1 Å². The second-order valence-corrected chi connectivity index (χ2v) is 5.62. The molecule has 0 bridgehead atoms. The molecule has 1 fully saturated rings. The summed E-state index contributed by atoms with van der Waals surface area (Å²) in [6.45, 7) is 3.18. The Morgan fingerprint density at radius 1 is 1.14 bits per heavy atom. The van der Waals surface area contributed by atoms with Crippen molar-refractivity contribution >= 4 is 11.4 Å². The number of nitro benzene ring substituents is 1. The molecule has 0 unspecified atom stereocenters. The highest BCUT2D eigenvalue weighted by Gasteiger charge is 2.37. The number of ether oxygens (including phenoxy) is 1. The molecule has 0 aliphatic carbocycles. The van der Waals surface area contributed by atoms with Gasteiger partial charge in [0.15, 0.2) is 0 Å². The third-order valence-electron chi connectivity index (χ3n) is 4.21. The van der Waals surface area contributed by atoms with Crippen LogP contribution in [0.5, 0.6) is 5.75 Å². The Bertz CT molecular complexity index is 667. The van der Waals surface area contributed by atoms with Crippen molar-refractivity contribution in [2.24, 2.45) is 5.92 Å².